The van der Waals surface area contributed by atoms with E-state index in [4.69, 9.17) is 0 Å². The Morgan fingerprint density at radius 2 is 1.75 bits per heavy atom. The van der Waals surface area contributed by atoms with E-state index in [1.54, 1.807) is 0 Å². The van der Waals surface area contributed by atoms with Crippen molar-refractivity contribution in [2.24, 2.45) is 5.92 Å². The second-order valence-electron chi connectivity index (χ2n) is 5.17. The lowest BCUT2D eigenvalue weighted by atomic mass is 9.93. The monoisotopic (exact) mass is 216 g/mol. The molecule has 1 nitrogen and oxygen atoms in total. The normalized spacial score (nSPS) is 19.1. The highest BCUT2D eigenvalue weighted by atomic mass is 16.1. The zero-order chi connectivity index (χ0) is 11.5. The van der Waals surface area contributed by atoms with E-state index >= 15 is 0 Å². The molecular formula is C15H20O. The first-order chi connectivity index (χ1) is 7.70. The molecule has 0 heterocycles. The van der Waals surface area contributed by atoms with E-state index in [1.807, 2.05) is 6.92 Å². The van der Waals surface area contributed by atoms with Gasteiger partial charge in [0, 0.05) is 5.92 Å². The summed E-state index contributed by atoms with van der Waals surface area (Å²) in [7, 11) is 0. The first kappa shape index (κ1) is 11.4. The van der Waals surface area contributed by atoms with Gasteiger partial charge in [-0.15, -0.1) is 0 Å². The van der Waals surface area contributed by atoms with Crippen LogP contribution in [0, 0.1) is 5.92 Å². The highest BCUT2D eigenvalue weighted by molar-refractivity contribution is 5.61. The summed E-state index contributed by atoms with van der Waals surface area (Å²) >= 11 is 0. The summed E-state index contributed by atoms with van der Waals surface area (Å²) in [5, 5.41) is 0. The number of benzene rings is 1. The Bertz CT molecular complexity index is 348. The molecular weight excluding hydrogens is 196 g/mol. The van der Waals surface area contributed by atoms with Gasteiger partial charge in [0.05, 0.1) is 0 Å². The second-order valence-corrected chi connectivity index (χ2v) is 5.17. The third kappa shape index (κ3) is 2.72. The highest BCUT2D eigenvalue weighted by Crippen LogP contribution is 2.38. The summed E-state index contributed by atoms with van der Waals surface area (Å²) in [6.45, 7) is 4.24. The Balaban J connectivity index is 2.02. The number of aldehydes is 1. The van der Waals surface area contributed by atoms with Crippen LogP contribution in [0.5, 0.6) is 0 Å². The second kappa shape index (κ2) is 4.82. The summed E-state index contributed by atoms with van der Waals surface area (Å²) in [5.74, 6) is 1.66. The van der Waals surface area contributed by atoms with E-state index in [9.17, 15) is 4.79 Å². The van der Waals surface area contributed by atoms with Crippen molar-refractivity contribution < 1.29 is 4.79 Å². The molecule has 1 aromatic carbocycles. The van der Waals surface area contributed by atoms with Gasteiger partial charge in [-0.3, -0.25) is 0 Å². The molecule has 0 N–H and O–H groups in total. The van der Waals surface area contributed by atoms with Crippen LogP contribution in [0.25, 0.3) is 0 Å². The van der Waals surface area contributed by atoms with Crippen molar-refractivity contribution in [3.63, 3.8) is 0 Å². The Kier molecular flexibility index (Phi) is 3.42. The molecule has 1 aromatic rings. The zero-order valence-corrected chi connectivity index (χ0v) is 10.1. The summed E-state index contributed by atoms with van der Waals surface area (Å²) in [6, 6.07) is 8.56. The maximum absolute atomic E-state index is 10.7. The van der Waals surface area contributed by atoms with Crippen LogP contribution in [0.2, 0.25) is 0 Å². The fourth-order valence-electron chi connectivity index (χ4n) is 2.20. The minimum absolute atomic E-state index is 0.0211. The number of carbonyl (C=O) groups excluding carboxylic acids is 1. The van der Waals surface area contributed by atoms with Crippen LogP contribution < -0.4 is 0 Å². The lowest BCUT2D eigenvalue weighted by Gasteiger charge is -2.12. The smallest absolute Gasteiger partial charge is 0.127 e. The van der Waals surface area contributed by atoms with Crippen molar-refractivity contribution in [2.75, 3.05) is 0 Å². The molecule has 0 saturated heterocycles. The maximum Gasteiger partial charge on any atom is 0.127 e. The Morgan fingerprint density at radius 3 is 2.25 bits per heavy atom. The number of hydrogen-bond acceptors (Lipinski definition) is 1. The Labute approximate surface area is 97.9 Å². The van der Waals surface area contributed by atoms with Gasteiger partial charge in [-0.1, -0.05) is 51.0 Å². The van der Waals surface area contributed by atoms with E-state index in [1.165, 1.54) is 24.8 Å². The van der Waals surface area contributed by atoms with Crippen LogP contribution in [0.1, 0.15) is 56.1 Å². The van der Waals surface area contributed by atoms with Crippen LogP contribution in [0.4, 0.5) is 0 Å². The summed E-state index contributed by atoms with van der Waals surface area (Å²) in [5.41, 5.74) is 2.53. The molecule has 0 aromatic heterocycles. The third-order valence-electron chi connectivity index (χ3n) is 3.62. The fraction of sp³-hybridized carbons (Fsp3) is 0.533. The van der Waals surface area contributed by atoms with Crippen molar-refractivity contribution in [3.8, 4) is 0 Å². The van der Waals surface area contributed by atoms with Crippen molar-refractivity contribution >= 4 is 6.29 Å². The molecule has 0 radical (unpaired) electrons. The SMILES string of the molecule is CC(C=O)c1ccc(C(C)CC2CC2)cc1. The van der Waals surface area contributed by atoms with Crippen LogP contribution in [0.15, 0.2) is 24.3 Å². The van der Waals surface area contributed by atoms with Crippen molar-refractivity contribution in [3.05, 3.63) is 35.4 Å². The molecule has 2 unspecified atom stereocenters. The number of rotatable bonds is 5. The lowest BCUT2D eigenvalue weighted by molar-refractivity contribution is -0.108. The van der Waals surface area contributed by atoms with Gasteiger partial charge in [0.1, 0.15) is 6.29 Å². The average molecular weight is 216 g/mol. The summed E-state index contributed by atoms with van der Waals surface area (Å²) < 4.78 is 0. The summed E-state index contributed by atoms with van der Waals surface area (Å²) in [6.07, 6.45) is 5.17. The first-order valence-electron chi connectivity index (χ1n) is 6.26. The van der Waals surface area contributed by atoms with E-state index in [0.717, 1.165) is 17.8 Å². The Morgan fingerprint density at radius 1 is 1.19 bits per heavy atom. The average Bonchev–Trinajstić information content (AvgIpc) is 3.12. The van der Waals surface area contributed by atoms with Crippen LogP contribution in [-0.2, 0) is 4.79 Å². The molecule has 1 heteroatoms. The van der Waals surface area contributed by atoms with E-state index < -0.39 is 0 Å². The van der Waals surface area contributed by atoms with Gasteiger partial charge in [-0.05, 0) is 29.4 Å². The van der Waals surface area contributed by atoms with Crippen LogP contribution in [0.3, 0.4) is 0 Å². The minimum Gasteiger partial charge on any atom is -0.303 e. The predicted molar refractivity (Wildman–Crippen MR) is 66.7 cm³/mol. The third-order valence-corrected chi connectivity index (χ3v) is 3.62. The van der Waals surface area contributed by atoms with Gasteiger partial charge in [-0.2, -0.15) is 0 Å². The lowest BCUT2D eigenvalue weighted by Crippen LogP contribution is -1.98. The first-order valence-corrected chi connectivity index (χ1v) is 6.26. The molecule has 2 atom stereocenters. The molecule has 2 rings (SSSR count). The van der Waals surface area contributed by atoms with E-state index in [-0.39, 0.29) is 5.92 Å². The largest absolute Gasteiger partial charge is 0.303 e. The quantitative estimate of drug-likeness (QED) is 0.682. The number of hydrogen-bond donors (Lipinski definition) is 0. The standard InChI is InChI=1S/C15H20O/c1-11(9-13-3-4-13)14-5-7-15(8-6-14)12(2)10-16/h5-8,10-13H,3-4,9H2,1-2H3. The molecule has 1 fully saturated rings. The van der Waals surface area contributed by atoms with Gasteiger partial charge >= 0.3 is 0 Å². The molecule has 1 aliphatic carbocycles. The fourth-order valence-corrected chi connectivity index (χ4v) is 2.20. The van der Waals surface area contributed by atoms with Crippen molar-refractivity contribution in [1.29, 1.82) is 0 Å². The Hall–Kier alpha value is -1.11. The topological polar surface area (TPSA) is 17.1 Å². The molecule has 0 bridgehead atoms. The summed E-state index contributed by atoms with van der Waals surface area (Å²) in [4.78, 5) is 10.7. The zero-order valence-electron chi connectivity index (χ0n) is 10.1. The van der Waals surface area contributed by atoms with E-state index in [0.29, 0.717) is 5.92 Å². The minimum atomic E-state index is 0.0211. The predicted octanol–water partition coefficient (Wildman–Crippen LogP) is 3.89. The van der Waals surface area contributed by atoms with Gasteiger partial charge < -0.3 is 4.79 Å². The van der Waals surface area contributed by atoms with Gasteiger partial charge in [0.15, 0.2) is 0 Å². The van der Waals surface area contributed by atoms with Gasteiger partial charge in [0.25, 0.3) is 0 Å². The van der Waals surface area contributed by atoms with Crippen LogP contribution >= 0.6 is 0 Å². The molecule has 0 amide bonds. The molecule has 86 valence electrons. The van der Waals surface area contributed by atoms with E-state index in [2.05, 4.69) is 31.2 Å². The van der Waals surface area contributed by atoms with Crippen molar-refractivity contribution in [1.82, 2.24) is 0 Å². The number of carbonyl (C=O) groups is 1. The molecule has 0 spiro atoms. The van der Waals surface area contributed by atoms with Gasteiger partial charge in [0.2, 0.25) is 0 Å². The van der Waals surface area contributed by atoms with Crippen molar-refractivity contribution in [2.45, 2.75) is 44.9 Å². The maximum atomic E-state index is 10.7. The molecule has 16 heavy (non-hydrogen) atoms. The molecule has 1 aliphatic rings. The highest BCUT2D eigenvalue weighted by Gasteiger charge is 2.24. The molecule has 0 aliphatic heterocycles. The van der Waals surface area contributed by atoms with Crippen LogP contribution in [-0.4, -0.2) is 6.29 Å². The molecule has 1 saturated carbocycles. The van der Waals surface area contributed by atoms with Gasteiger partial charge in [-0.25, -0.2) is 0 Å².